The van der Waals surface area contributed by atoms with Gasteiger partial charge in [-0.15, -0.1) is 0 Å². The van der Waals surface area contributed by atoms with Crippen molar-refractivity contribution in [2.24, 2.45) is 5.41 Å². The maximum absolute atomic E-state index is 5.23. The Balaban J connectivity index is 2.92. The Morgan fingerprint density at radius 3 is 2.09 bits per heavy atom. The van der Waals surface area contributed by atoms with E-state index in [0.717, 1.165) is 5.76 Å². The number of rotatable bonds is 0. The van der Waals surface area contributed by atoms with Gasteiger partial charge in [0.15, 0.2) is 0 Å². The molecule has 0 spiro atoms. The minimum absolute atomic E-state index is 0.215. The summed E-state index contributed by atoms with van der Waals surface area (Å²) in [6, 6.07) is 0.356. The first-order chi connectivity index (χ1) is 4.93. The second kappa shape index (κ2) is 2.52. The van der Waals surface area contributed by atoms with Crippen molar-refractivity contribution in [3.05, 3.63) is 11.3 Å². The van der Waals surface area contributed by atoms with Crippen molar-refractivity contribution >= 4 is 0 Å². The van der Waals surface area contributed by atoms with Crippen molar-refractivity contribution < 1.29 is 4.84 Å². The molecule has 0 saturated heterocycles. The molecule has 64 valence electrons. The summed E-state index contributed by atoms with van der Waals surface area (Å²) in [5.74, 6) is 1.03. The molecule has 1 heterocycles. The van der Waals surface area contributed by atoms with Gasteiger partial charge >= 0.3 is 0 Å². The molecule has 0 radical (unpaired) electrons. The summed E-state index contributed by atoms with van der Waals surface area (Å²) in [6.07, 6.45) is 0. The van der Waals surface area contributed by atoms with Gasteiger partial charge < -0.3 is 4.84 Å². The van der Waals surface area contributed by atoms with E-state index in [1.54, 1.807) is 0 Å². The smallest absolute Gasteiger partial charge is 0.122 e. The topological polar surface area (TPSA) is 21.3 Å². The lowest BCUT2D eigenvalue weighted by Gasteiger charge is -2.22. The van der Waals surface area contributed by atoms with Crippen molar-refractivity contribution in [3.63, 3.8) is 0 Å². The van der Waals surface area contributed by atoms with Crippen LogP contribution in [-0.4, -0.2) is 6.04 Å². The Kier molecular flexibility index (Phi) is 1.97. The van der Waals surface area contributed by atoms with E-state index >= 15 is 0 Å². The highest BCUT2D eigenvalue weighted by Gasteiger charge is 2.30. The maximum atomic E-state index is 5.23. The van der Waals surface area contributed by atoms with Crippen molar-refractivity contribution in [1.29, 1.82) is 0 Å². The normalized spacial score (nSPS) is 25.7. The zero-order valence-corrected chi connectivity index (χ0v) is 7.99. The third-order valence-corrected chi connectivity index (χ3v) is 2.01. The van der Waals surface area contributed by atoms with Gasteiger partial charge in [0, 0.05) is 0 Å². The largest absolute Gasteiger partial charge is 0.413 e. The molecule has 0 aromatic heterocycles. The lowest BCUT2D eigenvalue weighted by atomic mass is 9.82. The zero-order valence-electron chi connectivity index (χ0n) is 7.99. The van der Waals surface area contributed by atoms with Crippen LogP contribution in [0.25, 0.3) is 0 Å². The second-order valence-electron chi connectivity index (χ2n) is 4.16. The van der Waals surface area contributed by atoms with Crippen LogP contribution in [0.3, 0.4) is 0 Å². The van der Waals surface area contributed by atoms with Crippen LogP contribution in [0.1, 0.15) is 34.6 Å². The van der Waals surface area contributed by atoms with Gasteiger partial charge in [0.05, 0.1) is 6.04 Å². The van der Waals surface area contributed by atoms with Gasteiger partial charge in [0.1, 0.15) is 5.76 Å². The van der Waals surface area contributed by atoms with E-state index in [-0.39, 0.29) is 5.41 Å². The van der Waals surface area contributed by atoms with E-state index in [9.17, 15) is 0 Å². The van der Waals surface area contributed by atoms with Gasteiger partial charge in [-0.3, -0.25) is 0 Å². The number of allylic oxidation sites excluding steroid dienone is 1. The fourth-order valence-electron chi connectivity index (χ4n) is 1.77. The van der Waals surface area contributed by atoms with Crippen LogP contribution in [0.5, 0.6) is 0 Å². The van der Waals surface area contributed by atoms with Crippen LogP contribution in [0.15, 0.2) is 11.3 Å². The molecule has 0 saturated carbocycles. The second-order valence-corrected chi connectivity index (χ2v) is 4.16. The molecule has 2 heteroatoms. The van der Waals surface area contributed by atoms with Crippen LogP contribution in [-0.2, 0) is 4.84 Å². The van der Waals surface area contributed by atoms with Crippen LogP contribution < -0.4 is 5.48 Å². The van der Waals surface area contributed by atoms with Gasteiger partial charge in [-0.25, -0.2) is 0 Å². The first-order valence-electron chi connectivity index (χ1n) is 4.06. The van der Waals surface area contributed by atoms with Gasteiger partial charge in [-0.05, 0) is 24.8 Å². The lowest BCUT2D eigenvalue weighted by Crippen LogP contribution is -2.25. The molecule has 1 rings (SSSR count). The molecular formula is C9H17NO. The summed E-state index contributed by atoms with van der Waals surface area (Å²) in [6.45, 7) is 10.8. The van der Waals surface area contributed by atoms with E-state index in [2.05, 4.69) is 33.2 Å². The van der Waals surface area contributed by atoms with Gasteiger partial charge in [0.25, 0.3) is 0 Å². The molecule has 11 heavy (non-hydrogen) atoms. The lowest BCUT2D eigenvalue weighted by molar-refractivity contribution is 0.121. The molecule has 0 aliphatic carbocycles. The van der Waals surface area contributed by atoms with E-state index in [0.29, 0.717) is 6.04 Å². The van der Waals surface area contributed by atoms with Crippen molar-refractivity contribution in [2.45, 2.75) is 40.7 Å². The summed E-state index contributed by atoms with van der Waals surface area (Å²) in [5.41, 5.74) is 4.54. The summed E-state index contributed by atoms with van der Waals surface area (Å²) in [5, 5.41) is 0. The molecular weight excluding hydrogens is 138 g/mol. The number of hydroxylamine groups is 1. The SMILES string of the molecule is CC1=C(C(C)(C)C)C(C)NO1. The third-order valence-electron chi connectivity index (χ3n) is 2.01. The van der Waals surface area contributed by atoms with E-state index in [4.69, 9.17) is 4.84 Å². The van der Waals surface area contributed by atoms with Crippen molar-refractivity contribution in [3.8, 4) is 0 Å². The monoisotopic (exact) mass is 155 g/mol. The molecule has 1 N–H and O–H groups in total. The van der Waals surface area contributed by atoms with Crippen LogP contribution in [0.2, 0.25) is 0 Å². The number of nitrogens with one attached hydrogen (secondary N) is 1. The number of hydrogen-bond donors (Lipinski definition) is 1. The minimum atomic E-state index is 0.215. The molecule has 0 bridgehead atoms. The average Bonchev–Trinajstić information content (AvgIpc) is 2.08. The average molecular weight is 155 g/mol. The first-order valence-corrected chi connectivity index (χ1v) is 4.06. The van der Waals surface area contributed by atoms with Crippen LogP contribution in [0.4, 0.5) is 0 Å². The van der Waals surface area contributed by atoms with Crippen molar-refractivity contribution in [1.82, 2.24) is 5.48 Å². The van der Waals surface area contributed by atoms with Gasteiger partial charge in [-0.1, -0.05) is 20.8 Å². The Labute approximate surface area is 68.6 Å². The summed E-state index contributed by atoms with van der Waals surface area (Å²) in [7, 11) is 0. The standard InChI is InChI=1S/C9H17NO/c1-6-8(9(3,4)5)7(2)11-10-6/h6,10H,1-5H3. The molecule has 1 atom stereocenters. The van der Waals surface area contributed by atoms with Gasteiger partial charge in [-0.2, -0.15) is 5.48 Å². The molecule has 1 aliphatic rings. The quantitative estimate of drug-likeness (QED) is 0.579. The highest BCUT2D eigenvalue weighted by molar-refractivity contribution is 5.22. The highest BCUT2D eigenvalue weighted by atomic mass is 16.7. The molecule has 0 aromatic rings. The third kappa shape index (κ3) is 1.56. The molecule has 0 amide bonds. The highest BCUT2D eigenvalue weighted by Crippen LogP contribution is 2.33. The predicted octanol–water partition coefficient (Wildman–Crippen LogP) is 2.23. The Bertz CT molecular complexity index is 188. The Hall–Kier alpha value is -0.500. The fourth-order valence-corrected chi connectivity index (χ4v) is 1.77. The molecule has 2 nitrogen and oxygen atoms in total. The molecule has 0 fully saturated rings. The fraction of sp³-hybridized carbons (Fsp3) is 0.778. The van der Waals surface area contributed by atoms with E-state index < -0.39 is 0 Å². The van der Waals surface area contributed by atoms with Crippen LogP contribution in [0, 0.1) is 5.41 Å². The zero-order chi connectivity index (χ0) is 8.65. The predicted molar refractivity (Wildman–Crippen MR) is 45.8 cm³/mol. The van der Waals surface area contributed by atoms with E-state index in [1.165, 1.54) is 5.57 Å². The van der Waals surface area contributed by atoms with Crippen molar-refractivity contribution in [2.75, 3.05) is 0 Å². The Morgan fingerprint density at radius 2 is 1.91 bits per heavy atom. The van der Waals surface area contributed by atoms with E-state index in [1.807, 2.05) is 6.92 Å². The minimum Gasteiger partial charge on any atom is -0.413 e. The first kappa shape index (κ1) is 8.60. The summed E-state index contributed by atoms with van der Waals surface area (Å²) in [4.78, 5) is 5.23. The Morgan fingerprint density at radius 1 is 1.36 bits per heavy atom. The van der Waals surface area contributed by atoms with Crippen LogP contribution >= 0.6 is 0 Å². The van der Waals surface area contributed by atoms with Gasteiger partial charge in [0.2, 0.25) is 0 Å². The summed E-state index contributed by atoms with van der Waals surface area (Å²) < 4.78 is 0. The maximum Gasteiger partial charge on any atom is 0.122 e. The summed E-state index contributed by atoms with van der Waals surface area (Å²) >= 11 is 0. The molecule has 1 unspecified atom stereocenters. The molecule has 1 aliphatic heterocycles. The number of hydrogen-bond acceptors (Lipinski definition) is 2. The molecule has 0 aromatic carbocycles.